The van der Waals surface area contributed by atoms with Gasteiger partial charge in [0.15, 0.2) is 5.79 Å². The topological polar surface area (TPSA) is 38.7 Å². The van der Waals surface area contributed by atoms with Crippen LogP contribution < -0.4 is 0 Å². The second kappa shape index (κ2) is 2.27. The summed E-state index contributed by atoms with van der Waals surface area (Å²) in [6.45, 7) is 3.91. The summed E-state index contributed by atoms with van der Waals surface area (Å²) in [6, 6.07) is 0. The largest absolute Gasteiger partial charge is 0.393 e. The fourth-order valence-electron chi connectivity index (χ4n) is 3.22. The summed E-state index contributed by atoms with van der Waals surface area (Å²) >= 11 is 0. The normalized spacial score (nSPS) is 57.0. The van der Waals surface area contributed by atoms with Gasteiger partial charge in [-0.3, -0.25) is 0 Å². The molecule has 0 amide bonds. The molecule has 1 saturated heterocycles. The molecule has 0 aromatic carbocycles. The number of hydrogen-bond donors (Lipinski definition) is 1. The molecule has 74 valence electrons. The first kappa shape index (κ1) is 8.21. The fourth-order valence-corrected chi connectivity index (χ4v) is 3.22. The molecule has 2 aliphatic carbocycles. The number of aliphatic hydroxyl groups is 1. The van der Waals surface area contributed by atoms with Gasteiger partial charge in [0, 0.05) is 5.92 Å². The Kier molecular flexibility index (Phi) is 1.43. The maximum Gasteiger partial charge on any atom is 0.163 e. The Morgan fingerprint density at radius 3 is 2.62 bits per heavy atom. The Balaban J connectivity index is 1.87. The van der Waals surface area contributed by atoms with E-state index in [0.717, 1.165) is 12.8 Å². The van der Waals surface area contributed by atoms with Gasteiger partial charge in [0.05, 0.1) is 18.3 Å². The third kappa shape index (κ3) is 1.01. The highest BCUT2D eigenvalue weighted by Gasteiger charge is 2.59. The number of fused-ring (bicyclic) bond motifs is 5. The molecule has 0 aromatic heterocycles. The van der Waals surface area contributed by atoms with Crippen molar-refractivity contribution in [1.82, 2.24) is 0 Å². The van der Waals surface area contributed by atoms with Crippen LogP contribution in [0, 0.1) is 11.8 Å². The summed E-state index contributed by atoms with van der Waals surface area (Å²) in [5.41, 5.74) is 0. The first-order valence-corrected chi connectivity index (χ1v) is 5.10. The molecule has 0 unspecified atom stereocenters. The van der Waals surface area contributed by atoms with Crippen molar-refractivity contribution in [2.45, 2.75) is 50.8 Å². The van der Waals surface area contributed by atoms with Gasteiger partial charge in [0.2, 0.25) is 0 Å². The van der Waals surface area contributed by atoms with Gasteiger partial charge in [0.1, 0.15) is 0 Å². The minimum Gasteiger partial charge on any atom is -0.393 e. The van der Waals surface area contributed by atoms with Gasteiger partial charge in [-0.25, -0.2) is 0 Å². The average Bonchev–Trinajstić information content (AvgIpc) is 2.56. The highest BCUT2D eigenvalue weighted by molar-refractivity contribution is 5.06. The van der Waals surface area contributed by atoms with Crippen LogP contribution in [-0.4, -0.2) is 29.2 Å². The van der Waals surface area contributed by atoms with E-state index >= 15 is 0 Å². The van der Waals surface area contributed by atoms with Crippen LogP contribution in [0.5, 0.6) is 0 Å². The molecule has 3 heteroatoms. The average molecular weight is 184 g/mol. The van der Waals surface area contributed by atoms with Crippen LogP contribution in [0.4, 0.5) is 0 Å². The maximum atomic E-state index is 9.70. The van der Waals surface area contributed by atoms with Gasteiger partial charge < -0.3 is 14.6 Å². The van der Waals surface area contributed by atoms with Crippen LogP contribution in [0.1, 0.15) is 26.7 Å². The fraction of sp³-hybridized carbons (Fsp3) is 1.00. The maximum absolute atomic E-state index is 9.70. The van der Waals surface area contributed by atoms with Crippen molar-refractivity contribution in [3.8, 4) is 0 Å². The van der Waals surface area contributed by atoms with Gasteiger partial charge in [-0.05, 0) is 32.6 Å². The SMILES string of the molecule is CC1(C)O[C@@H]2[C@@H]3C[C@H]([C@@H]2O1)[C@@H](O)C3. The van der Waals surface area contributed by atoms with Crippen molar-refractivity contribution < 1.29 is 14.6 Å². The van der Waals surface area contributed by atoms with Crippen molar-refractivity contribution in [1.29, 1.82) is 0 Å². The van der Waals surface area contributed by atoms with Crippen LogP contribution in [0.15, 0.2) is 0 Å². The van der Waals surface area contributed by atoms with Crippen molar-refractivity contribution in [2.24, 2.45) is 11.8 Å². The Morgan fingerprint density at radius 2 is 1.85 bits per heavy atom. The van der Waals surface area contributed by atoms with Crippen LogP contribution >= 0.6 is 0 Å². The smallest absolute Gasteiger partial charge is 0.163 e. The highest BCUT2D eigenvalue weighted by atomic mass is 16.8. The molecule has 1 N–H and O–H groups in total. The summed E-state index contributed by atoms with van der Waals surface area (Å²) in [5.74, 6) is 0.430. The molecular formula is C10H16O3. The summed E-state index contributed by atoms with van der Waals surface area (Å²) < 4.78 is 11.6. The van der Waals surface area contributed by atoms with E-state index < -0.39 is 5.79 Å². The number of ether oxygens (including phenoxy) is 2. The zero-order chi connectivity index (χ0) is 9.22. The molecule has 2 bridgehead atoms. The van der Waals surface area contributed by atoms with E-state index in [1.165, 1.54) is 0 Å². The molecule has 1 aliphatic heterocycles. The first-order chi connectivity index (χ1) is 6.07. The van der Waals surface area contributed by atoms with Crippen LogP contribution in [0.3, 0.4) is 0 Å². The molecule has 3 aliphatic rings. The molecule has 5 atom stereocenters. The Labute approximate surface area is 78.0 Å². The molecule has 0 spiro atoms. The Morgan fingerprint density at radius 1 is 1.15 bits per heavy atom. The van der Waals surface area contributed by atoms with E-state index in [9.17, 15) is 5.11 Å². The predicted octanol–water partition coefficient (Wildman–Crippen LogP) is 0.907. The lowest BCUT2D eigenvalue weighted by atomic mass is 9.93. The van der Waals surface area contributed by atoms with Gasteiger partial charge in [-0.2, -0.15) is 0 Å². The number of aliphatic hydroxyl groups excluding tert-OH is 1. The van der Waals surface area contributed by atoms with E-state index in [1.807, 2.05) is 13.8 Å². The zero-order valence-corrected chi connectivity index (χ0v) is 8.06. The predicted molar refractivity (Wildman–Crippen MR) is 46.0 cm³/mol. The van der Waals surface area contributed by atoms with E-state index in [-0.39, 0.29) is 18.3 Å². The summed E-state index contributed by atoms with van der Waals surface area (Å²) in [7, 11) is 0. The molecule has 3 rings (SSSR count). The lowest BCUT2D eigenvalue weighted by Gasteiger charge is -2.25. The highest BCUT2D eigenvalue weighted by Crippen LogP contribution is 2.52. The molecule has 3 nitrogen and oxygen atoms in total. The first-order valence-electron chi connectivity index (χ1n) is 5.10. The lowest BCUT2D eigenvalue weighted by Crippen LogP contribution is -2.36. The third-order valence-electron chi connectivity index (χ3n) is 3.66. The van der Waals surface area contributed by atoms with Gasteiger partial charge >= 0.3 is 0 Å². The lowest BCUT2D eigenvalue weighted by molar-refractivity contribution is -0.158. The standard InChI is InChI=1S/C10H16O3/c1-10(2)12-8-5-3-6(7(11)4-5)9(8)13-10/h5-9,11H,3-4H2,1-2H3/t5-,6+,7+,8-,9+/m1/s1. The van der Waals surface area contributed by atoms with Crippen molar-refractivity contribution in [2.75, 3.05) is 0 Å². The van der Waals surface area contributed by atoms with Crippen LogP contribution in [-0.2, 0) is 9.47 Å². The van der Waals surface area contributed by atoms with Crippen molar-refractivity contribution in [3.05, 3.63) is 0 Å². The minimum atomic E-state index is -0.434. The summed E-state index contributed by atoms with van der Waals surface area (Å²) in [5, 5.41) is 9.70. The van der Waals surface area contributed by atoms with Gasteiger partial charge in [-0.15, -0.1) is 0 Å². The van der Waals surface area contributed by atoms with Crippen molar-refractivity contribution in [3.63, 3.8) is 0 Å². The second-order valence-electron chi connectivity index (χ2n) is 5.03. The molecule has 0 aromatic rings. The molecule has 0 radical (unpaired) electrons. The van der Waals surface area contributed by atoms with Crippen LogP contribution in [0.25, 0.3) is 0 Å². The van der Waals surface area contributed by atoms with E-state index in [4.69, 9.17) is 9.47 Å². The minimum absolute atomic E-state index is 0.149. The Hall–Kier alpha value is -0.120. The summed E-state index contributed by atoms with van der Waals surface area (Å²) in [6.07, 6.45) is 2.26. The third-order valence-corrected chi connectivity index (χ3v) is 3.66. The van der Waals surface area contributed by atoms with E-state index in [1.54, 1.807) is 0 Å². The van der Waals surface area contributed by atoms with Gasteiger partial charge in [0.25, 0.3) is 0 Å². The molecule has 3 fully saturated rings. The summed E-state index contributed by atoms with van der Waals surface area (Å²) in [4.78, 5) is 0. The zero-order valence-electron chi connectivity index (χ0n) is 8.06. The molecular weight excluding hydrogens is 168 g/mol. The monoisotopic (exact) mass is 184 g/mol. The van der Waals surface area contributed by atoms with Crippen LogP contribution in [0.2, 0.25) is 0 Å². The van der Waals surface area contributed by atoms with Crippen molar-refractivity contribution >= 4 is 0 Å². The molecule has 1 heterocycles. The molecule has 2 saturated carbocycles. The number of rotatable bonds is 0. The second-order valence-corrected chi connectivity index (χ2v) is 5.03. The van der Waals surface area contributed by atoms with E-state index in [2.05, 4.69) is 0 Å². The number of hydrogen-bond acceptors (Lipinski definition) is 3. The van der Waals surface area contributed by atoms with Gasteiger partial charge in [-0.1, -0.05) is 0 Å². The molecule has 13 heavy (non-hydrogen) atoms. The van der Waals surface area contributed by atoms with E-state index in [0.29, 0.717) is 11.8 Å². The quantitative estimate of drug-likeness (QED) is 0.608. The Bertz CT molecular complexity index is 238.